The minimum atomic E-state index is -1.05. The first-order valence-corrected chi connectivity index (χ1v) is 7.75. The minimum absolute atomic E-state index is 0.214. The maximum atomic E-state index is 12.1. The molecule has 2 rings (SSSR count). The number of hydrogen-bond donors (Lipinski definition) is 0. The van der Waals surface area contributed by atoms with Crippen LogP contribution in [0.15, 0.2) is 29.3 Å². The highest BCUT2D eigenvalue weighted by molar-refractivity contribution is 6.19. The van der Waals surface area contributed by atoms with E-state index in [1.165, 1.54) is 19.0 Å². The number of amidine groups is 1. The first-order chi connectivity index (χ1) is 11.2. The highest BCUT2D eigenvalue weighted by Gasteiger charge is 2.41. The molecule has 0 radical (unpaired) electrons. The number of aliphatic imine (C=N–C) groups is 1. The first kappa shape index (κ1) is 17.7. The number of imide groups is 1. The predicted octanol–water partition coefficient (Wildman–Crippen LogP) is 2.33. The van der Waals surface area contributed by atoms with E-state index in [4.69, 9.17) is 0 Å². The lowest BCUT2D eigenvalue weighted by atomic mass is 9.84. The Morgan fingerprint density at radius 1 is 1.25 bits per heavy atom. The number of aryl methyl sites for hydroxylation is 1. The van der Waals surface area contributed by atoms with Crippen LogP contribution in [0, 0.1) is 24.2 Å². The van der Waals surface area contributed by atoms with Gasteiger partial charge in [-0.25, -0.2) is 4.79 Å². The van der Waals surface area contributed by atoms with Crippen LogP contribution < -0.4 is 0 Å². The van der Waals surface area contributed by atoms with Gasteiger partial charge in [-0.2, -0.15) is 5.26 Å². The maximum Gasteiger partial charge on any atom is 0.331 e. The summed E-state index contributed by atoms with van der Waals surface area (Å²) in [4.78, 5) is 30.9. The molecule has 0 aromatic heterocycles. The number of amides is 3. The van der Waals surface area contributed by atoms with E-state index < -0.39 is 17.9 Å². The average molecular weight is 326 g/mol. The van der Waals surface area contributed by atoms with E-state index in [0.717, 1.165) is 16.0 Å². The molecule has 0 aliphatic carbocycles. The van der Waals surface area contributed by atoms with Crippen molar-refractivity contribution in [2.75, 3.05) is 20.6 Å². The SMILES string of the molecule is Cc1cccc(C(C)(C)CN=C2C(C#N)C(=O)N(C)C(=O)N2C)c1. The molecule has 0 spiro atoms. The summed E-state index contributed by atoms with van der Waals surface area (Å²) >= 11 is 0. The van der Waals surface area contributed by atoms with Gasteiger partial charge in [-0.15, -0.1) is 0 Å². The van der Waals surface area contributed by atoms with Gasteiger partial charge < -0.3 is 0 Å². The zero-order valence-corrected chi connectivity index (χ0v) is 14.7. The van der Waals surface area contributed by atoms with Gasteiger partial charge in [0.1, 0.15) is 5.84 Å². The minimum Gasteiger partial charge on any atom is -0.283 e. The maximum absolute atomic E-state index is 12.1. The summed E-state index contributed by atoms with van der Waals surface area (Å²) in [5.41, 5.74) is 1.99. The van der Waals surface area contributed by atoms with Crippen LogP contribution in [0.5, 0.6) is 0 Å². The highest BCUT2D eigenvalue weighted by Crippen LogP contribution is 2.25. The quantitative estimate of drug-likeness (QED) is 0.855. The Labute approximate surface area is 142 Å². The number of carbonyl (C=O) groups is 2. The van der Waals surface area contributed by atoms with E-state index in [2.05, 4.69) is 11.1 Å². The molecule has 24 heavy (non-hydrogen) atoms. The molecule has 1 saturated heterocycles. The molecule has 0 N–H and O–H groups in total. The van der Waals surface area contributed by atoms with Crippen molar-refractivity contribution < 1.29 is 9.59 Å². The summed E-state index contributed by atoms with van der Waals surface area (Å²) in [5.74, 6) is -1.37. The van der Waals surface area contributed by atoms with Crippen molar-refractivity contribution >= 4 is 17.8 Å². The Hall–Kier alpha value is -2.68. The molecule has 1 aromatic rings. The lowest BCUT2D eigenvalue weighted by molar-refractivity contribution is -0.129. The number of carbonyl (C=O) groups excluding carboxylic acids is 2. The molecule has 1 aromatic carbocycles. The van der Waals surface area contributed by atoms with Crippen LogP contribution in [-0.4, -0.2) is 48.2 Å². The smallest absolute Gasteiger partial charge is 0.283 e. The second-order valence-electron chi connectivity index (χ2n) is 6.73. The fourth-order valence-electron chi connectivity index (χ4n) is 2.66. The fourth-order valence-corrected chi connectivity index (χ4v) is 2.66. The van der Waals surface area contributed by atoms with Gasteiger partial charge in [-0.1, -0.05) is 43.7 Å². The molecule has 1 unspecified atom stereocenters. The summed E-state index contributed by atoms with van der Waals surface area (Å²) in [6.45, 7) is 6.50. The molecule has 6 heteroatoms. The normalized spacial score (nSPS) is 20.5. The molecule has 126 valence electrons. The fraction of sp³-hybridized carbons (Fsp3) is 0.444. The van der Waals surface area contributed by atoms with E-state index in [9.17, 15) is 14.9 Å². The molecule has 0 bridgehead atoms. The van der Waals surface area contributed by atoms with Crippen molar-refractivity contribution in [3.63, 3.8) is 0 Å². The molecule has 1 heterocycles. The van der Waals surface area contributed by atoms with Crippen molar-refractivity contribution in [2.24, 2.45) is 10.9 Å². The number of urea groups is 1. The van der Waals surface area contributed by atoms with Crippen molar-refractivity contribution in [1.29, 1.82) is 5.26 Å². The van der Waals surface area contributed by atoms with E-state index in [1.807, 2.05) is 45.0 Å². The molecular weight excluding hydrogens is 304 g/mol. The molecule has 1 aliphatic heterocycles. The van der Waals surface area contributed by atoms with E-state index >= 15 is 0 Å². The monoisotopic (exact) mass is 326 g/mol. The van der Waals surface area contributed by atoms with Crippen molar-refractivity contribution in [3.05, 3.63) is 35.4 Å². The summed E-state index contributed by atoms with van der Waals surface area (Å²) in [6, 6.07) is 9.63. The summed E-state index contributed by atoms with van der Waals surface area (Å²) in [7, 11) is 2.91. The summed E-state index contributed by atoms with van der Waals surface area (Å²) in [5, 5.41) is 9.32. The number of rotatable bonds is 3. The van der Waals surface area contributed by atoms with Gasteiger partial charge in [0.25, 0.3) is 5.91 Å². The molecule has 1 aliphatic rings. The Balaban J connectivity index is 2.33. The molecule has 3 amide bonds. The Kier molecular flexibility index (Phi) is 4.74. The van der Waals surface area contributed by atoms with E-state index in [-0.39, 0.29) is 11.3 Å². The topological polar surface area (TPSA) is 76.8 Å². The van der Waals surface area contributed by atoms with Gasteiger partial charge in [0.2, 0.25) is 0 Å². The Morgan fingerprint density at radius 2 is 1.92 bits per heavy atom. The standard InChI is InChI=1S/C18H22N4O2/c1-12-7-6-8-13(9-12)18(2,3)11-20-15-14(10-19)16(23)22(5)17(24)21(15)4/h6-9,14H,11H2,1-5H3. The van der Waals surface area contributed by atoms with Crippen molar-refractivity contribution in [2.45, 2.75) is 26.2 Å². The third-order valence-corrected chi connectivity index (χ3v) is 4.32. The Morgan fingerprint density at radius 3 is 2.50 bits per heavy atom. The number of nitriles is 1. The van der Waals surface area contributed by atoms with Crippen LogP contribution >= 0.6 is 0 Å². The largest absolute Gasteiger partial charge is 0.331 e. The number of nitrogens with zero attached hydrogens (tertiary/aromatic N) is 4. The molecule has 1 fully saturated rings. The highest BCUT2D eigenvalue weighted by atomic mass is 16.2. The second kappa shape index (κ2) is 6.44. The predicted molar refractivity (Wildman–Crippen MR) is 91.5 cm³/mol. The van der Waals surface area contributed by atoms with E-state index in [0.29, 0.717) is 6.54 Å². The zero-order chi connectivity index (χ0) is 18.1. The lowest BCUT2D eigenvalue weighted by Gasteiger charge is -2.34. The average Bonchev–Trinajstić information content (AvgIpc) is 2.55. The van der Waals surface area contributed by atoms with Crippen LogP contribution in [0.1, 0.15) is 25.0 Å². The van der Waals surface area contributed by atoms with Crippen LogP contribution in [0.4, 0.5) is 4.79 Å². The van der Waals surface area contributed by atoms with Gasteiger partial charge in [0.05, 0.1) is 12.6 Å². The van der Waals surface area contributed by atoms with Gasteiger partial charge in [0, 0.05) is 19.5 Å². The van der Waals surface area contributed by atoms with E-state index in [1.54, 1.807) is 0 Å². The van der Waals surface area contributed by atoms with Gasteiger partial charge in [-0.3, -0.25) is 19.6 Å². The molecule has 6 nitrogen and oxygen atoms in total. The van der Waals surface area contributed by atoms with Crippen LogP contribution in [0.2, 0.25) is 0 Å². The molecular formula is C18H22N4O2. The third kappa shape index (κ3) is 3.16. The first-order valence-electron chi connectivity index (χ1n) is 7.75. The van der Waals surface area contributed by atoms with Crippen molar-refractivity contribution in [1.82, 2.24) is 9.80 Å². The number of benzene rings is 1. The lowest BCUT2D eigenvalue weighted by Crippen LogP contribution is -2.56. The van der Waals surface area contributed by atoms with Gasteiger partial charge in [-0.05, 0) is 12.5 Å². The number of hydrogen-bond acceptors (Lipinski definition) is 4. The second-order valence-corrected chi connectivity index (χ2v) is 6.73. The summed E-state index contributed by atoms with van der Waals surface area (Å²) in [6.07, 6.45) is 0. The third-order valence-electron chi connectivity index (χ3n) is 4.32. The zero-order valence-electron chi connectivity index (χ0n) is 14.7. The van der Waals surface area contributed by atoms with Crippen molar-refractivity contribution in [3.8, 4) is 6.07 Å². The van der Waals surface area contributed by atoms with Gasteiger partial charge in [0.15, 0.2) is 5.92 Å². The molecule has 1 atom stereocenters. The van der Waals surface area contributed by atoms with Crippen LogP contribution in [-0.2, 0) is 10.2 Å². The summed E-state index contributed by atoms with van der Waals surface area (Å²) < 4.78 is 0. The molecule has 0 saturated carbocycles. The Bertz CT molecular complexity index is 746. The van der Waals surface area contributed by atoms with Gasteiger partial charge >= 0.3 is 6.03 Å². The van der Waals surface area contributed by atoms with Crippen LogP contribution in [0.25, 0.3) is 0 Å². The van der Waals surface area contributed by atoms with Crippen LogP contribution in [0.3, 0.4) is 0 Å².